The van der Waals surface area contributed by atoms with Gasteiger partial charge in [-0.05, 0) is 56.6 Å². The van der Waals surface area contributed by atoms with Crippen LogP contribution in [0.15, 0.2) is 47.1 Å². The summed E-state index contributed by atoms with van der Waals surface area (Å²) in [5.74, 6) is 0.375. The van der Waals surface area contributed by atoms with E-state index >= 15 is 0 Å². The van der Waals surface area contributed by atoms with Crippen LogP contribution in [0.4, 0.5) is 11.5 Å². The molecule has 1 aromatic carbocycles. The number of nitrogens with zero attached hydrogens (tertiary/aromatic N) is 2. The van der Waals surface area contributed by atoms with Crippen LogP contribution >= 0.6 is 11.6 Å². The molecule has 0 bridgehead atoms. The van der Waals surface area contributed by atoms with Crippen LogP contribution < -0.4 is 10.6 Å². The fourth-order valence-electron chi connectivity index (χ4n) is 3.74. The fourth-order valence-corrected chi connectivity index (χ4v) is 3.87. The molecule has 7 heteroatoms. The number of carbonyl (C=O) groups is 1. The van der Waals surface area contributed by atoms with Crippen molar-refractivity contribution in [2.24, 2.45) is 0 Å². The van der Waals surface area contributed by atoms with Crippen molar-refractivity contribution in [3.8, 4) is 0 Å². The van der Waals surface area contributed by atoms with Crippen LogP contribution in [-0.4, -0.2) is 41.5 Å². The number of furan rings is 1. The first-order valence-electron chi connectivity index (χ1n) is 10.0. The van der Waals surface area contributed by atoms with Gasteiger partial charge in [0.1, 0.15) is 17.1 Å². The normalized spacial score (nSPS) is 17.4. The minimum absolute atomic E-state index is 0.202. The van der Waals surface area contributed by atoms with Gasteiger partial charge in [-0.25, -0.2) is 4.98 Å². The van der Waals surface area contributed by atoms with Gasteiger partial charge < -0.3 is 15.1 Å². The zero-order valence-electron chi connectivity index (χ0n) is 16.5. The second kappa shape index (κ2) is 8.84. The van der Waals surface area contributed by atoms with Gasteiger partial charge in [-0.1, -0.05) is 18.0 Å². The quantitative estimate of drug-likeness (QED) is 0.606. The van der Waals surface area contributed by atoms with E-state index in [9.17, 15) is 4.79 Å². The van der Waals surface area contributed by atoms with Crippen molar-refractivity contribution in [3.05, 3.63) is 53.4 Å². The van der Waals surface area contributed by atoms with E-state index in [2.05, 4.69) is 27.4 Å². The molecule has 0 spiro atoms. The summed E-state index contributed by atoms with van der Waals surface area (Å²) in [7, 11) is 0. The summed E-state index contributed by atoms with van der Waals surface area (Å²) in [5, 5.41) is 7.72. The van der Waals surface area contributed by atoms with E-state index in [0.717, 1.165) is 24.2 Å². The lowest BCUT2D eigenvalue weighted by Gasteiger charge is -2.33. The summed E-state index contributed by atoms with van der Waals surface area (Å²) < 4.78 is 5.53. The average Bonchev–Trinajstić information content (AvgIpc) is 3.20. The summed E-state index contributed by atoms with van der Waals surface area (Å²) in [6.07, 6.45) is 5.35. The first-order valence-corrected chi connectivity index (χ1v) is 10.4. The molecule has 3 heterocycles. The number of amides is 1. The molecule has 29 heavy (non-hydrogen) atoms. The molecule has 0 aliphatic carbocycles. The Bertz CT molecular complexity index is 986. The van der Waals surface area contributed by atoms with Gasteiger partial charge in [0.2, 0.25) is 0 Å². The second-order valence-corrected chi connectivity index (χ2v) is 7.89. The first kappa shape index (κ1) is 19.7. The van der Waals surface area contributed by atoms with Gasteiger partial charge >= 0.3 is 0 Å². The number of halogens is 1. The summed E-state index contributed by atoms with van der Waals surface area (Å²) in [6, 6.07) is 11.4. The molecular weight excluding hydrogens is 388 g/mol. The van der Waals surface area contributed by atoms with Crippen LogP contribution in [0.2, 0.25) is 5.02 Å². The number of hydrogen-bond acceptors (Lipinski definition) is 5. The van der Waals surface area contributed by atoms with Gasteiger partial charge in [0.25, 0.3) is 5.91 Å². The molecule has 1 saturated heterocycles. The zero-order valence-corrected chi connectivity index (χ0v) is 17.2. The number of nitrogens with one attached hydrogen (secondary N) is 2. The molecule has 3 aromatic rings. The third kappa shape index (κ3) is 4.71. The summed E-state index contributed by atoms with van der Waals surface area (Å²) in [6.45, 7) is 4.80. The van der Waals surface area contributed by atoms with Crippen LogP contribution in [0.1, 0.15) is 36.7 Å². The predicted octanol–water partition coefficient (Wildman–Crippen LogP) is 4.83. The average molecular weight is 413 g/mol. The third-order valence-corrected chi connectivity index (χ3v) is 5.67. The summed E-state index contributed by atoms with van der Waals surface area (Å²) in [5.41, 5.74) is 1.78. The second-order valence-electron chi connectivity index (χ2n) is 7.46. The van der Waals surface area contributed by atoms with E-state index in [0.29, 0.717) is 34.7 Å². The van der Waals surface area contributed by atoms with E-state index in [4.69, 9.17) is 16.0 Å². The molecule has 6 nitrogen and oxygen atoms in total. The maximum atomic E-state index is 12.7. The number of benzene rings is 1. The Hall–Kier alpha value is -2.57. The predicted molar refractivity (Wildman–Crippen MR) is 116 cm³/mol. The van der Waals surface area contributed by atoms with Crippen LogP contribution in [0.25, 0.3) is 11.0 Å². The highest BCUT2D eigenvalue weighted by Gasteiger charge is 2.18. The summed E-state index contributed by atoms with van der Waals surface area (Å²) >= 11 is 5.96. The number of hydrogen-bond donors (Lipinski definition) is 2. The van der Waals surface area contributed by atoms with Crippen molar-refractivity contribution >= 4 is 40.0 Å². The van der Waals surface area contributed by atoms with Crippen molar-refractivity contribution in [2.45, 2.75) is 32.2 Å². The molecule has 152 valence electrons. The van der Waals surface area contributed by atoms with Gasteiger partial charge in [0.05, 0.1) is 11.6 Å². The topological polar surface area (TPSA) is 70.4 Å². The van der Waals surface area contributed by atoms with Gasteiger partial charge in [0.15, 0.2) is 0 Å². The van der Waals surface area contributed by atoms with Gasteiger partial charge in [-0.3, -0.25) is 9.69 Å². The number of likely N-dealkylation sites (tertiary alicyclic amines) is 1. The molecule has 1 unspecified atom stereocenters. The lowest BCUT2D eigenvalue weighted by molar-refractivity contribution is 0.0933. The van der Waals surface area contributed by atoms with E-state index < -0.39 is 0 Å². The Morgan fingerprint density at radius 2 is 2.10 bits per heavy atom. The smallest absolute Gasteiger partial charge is 0.270 e. The highest BCUT2D eigenvalue weighted by molar-refractivity contribution is 6.30. The fraction of sp³-hybridized carbons (Fsp3) is 0.364. The van der Waals surface area contributed by atoms with Crippen LogP contribution in [0.5, 0.6) is 0 Å². The Morgan fingerprint density at radius 1 is 1.28 bits per heavy atom. The number of piperidine rings is 1. The lowest BCUT2D eigenvalue weighted by atomic mass is 10.0. The molecule has 2 aromatic heterocycles. The third-order valence-electron chi connectivity index (χ3n) is 5.42. The van der Waals surface area contributed by atoms with Crippen molar-refractivity contribution in [3.63, 3.8) is 0 Å². The lowest BCUT2D eigenvalue weighted by Crippen LogP contribution is -2.42. The van der Waals surface area contributed by atoms with Gasteiger partial charge in [0, 0.05) is 35.9 Å². The number of carbonyl (C=O) groups excluding carboxylic acids is 1. The van der Waals surface area contributed by atoms with Crippen molar-refractivity contribution in [1.82, 2.24) is 15.2 Å². The van der Waals surface area contributed by atoms with Crippen LogP contribution in [0, 0.1) is 0 Å². The maximum Gasteiger partial charge on any atom is 0.270 e. The zero-order chi connectivity index (χ0) is 20.2. The number of anilines is 2. The molecule has 0 radical (unpaired) electrons. The molecule has 1 fully saturated rings. The SMILES string of the molecule is CC1CCCCN1CCNC(=O)c1cc2occc2c(Nc2ccc(Cl)cc2)n1. The number of fused-ring (bicyclic) bond motifs is 1. The standard InChI is InChI=1S/C22H25ClN4O2/c1-15-4-2-3-11-27(15)12-10-24-22(28)19-14-20-18(9-13-29-20)21(26-19)25-17-7-5-16(23)6-8-17/h5-9,13-15H,2-4,10-12H2,1H3,(H,24,28)(H,25,26). The minimum atomic E-state index is -0.202. The van der Waals surface area contributed by atoms with E-state index in [1.54, 1.807) is 24.5 Å². The Kier molecular flexibility index (Phi) is 6.02. The molecule has 1 atom stereocenters. The van der Waals surface area contributed by atoms with E-state index in [1.165, 1.54) is 19.3 Å². The first-order chi connectivity index (χ1) is 14.1. The van der Waals surface area contributed by atoms with Crippen molar-refractivity contribution in [2.75, 3.05) is 25.0 Å². The summed E-state index contributed by atoms with van der Waals surface area (Å²) in [4.78, 5) is 19.7. The Morgan fingerprint density at radius 3 is 2.90 bits per heavy atom. The largest absolute Gasteiger partial charge is 0.464 e. The van der Waals surface area contributed by atoms with Gasteiger partial charge in [-0.15, -0.1) is 0 Å². The Labute approximate surface area is 175 Å². The monoisotopic (exact) mass is 412 g/mol. The van der Waals surface area contributed by atoms with E-state index in [-0.39, 0.29) is 5.91 Å². The highest BCUT2D eigenvalue weighted by atomic mass is 35.5. The molecule has 4 rings (SSSR count). The molecule has 0 saturated carbocycles. The van der Waals surface area contributed by atoms with E-state index in [1.807, 2.05) is 18.2 Å². The van der Waals surface area contributed by atoms with Crippen LogP contribution in [0.3, 0.4) is 0 Å². The van der Waals surface area contributed by atoms with Crippen molar-refractivity contribution in [1.29, 1.82) is 0 Å². The number of pyridine rings is 1. The molecule has 1 aliphatic rings. The Balaban J connectivity index is 1.46. The maximum absolute atomic E-state index is 12.7. The van der Waals surface area contributed by atoms with Crippen molar-refractivity contribution < 1.29 is 9.21 Å². The molecule has 2 N–H and O–H groups in total. The highest BCUT2D eigenvalue weighted by Crippen LogP contribution is 2.27. The molecular formula is C22H25ClN4O2. The van der Waals surface area contributed by atoms with Crippen LogP contribution in [-0.2, 0) is 0 Å². The molecule has 1 aliphatic heterocycles. The number of aromatic nitrogens is 1. The number of rotatable bonds is 6. The minimum Gasteiger partial charge on any atom is -0.464 e. The van der Waals surface area contributed by atoms with Gasteiger partial charge in [-0.2, -0.15) is 0 Å². The molecule has 1 amide bonds.